The van der Waals surface area contributed by atoms with Crippen molar-refractivity contribution in [1.29, 1.82) is 0 Å². The minimum atomic E-state index is -1.15. The van der Waals surface area contributed by atoms with Gasteiger partial charge in [0.05, 0.1) is 13.2 Å². The van der Waals surface area contributed by atoms with E-state index in [1.807, 2.05) is 0 Å². The number of carbonyl (C=O) groups is 1. The van der Waals surface area contributed by atoms with E-state index in [0.29, 0.717) is 17.3 Å². The van der Waals surface area contributed by atoms with Gasteiger partial charge in [0.15, 0.2) is 12.1 Å². The molecule has 0 bridgehead atoms. The van der Waals surface area contributed by atoms with Gasteiger partial charge in [0.2, 0.25) is 0 Å². The molecular weight excluding hydrogens is 328 g/mol. The molecule has 0 radical (unpaired) electrons. The SMILES string of the molecule is COc1cccc(O[C@@H]2C[C@@H](NC(=O)c3ncoc3C)[C@H](O)[C@H]2O)c1. The number of aliphatic hydroxyl groups excluding tert-OH is 2. The first-order valence-corrected chi connectivity index (χ1v) is 7.87. The number of carbonyl (C=O) groups excluding carboxylic acids is 1. The van der Waals surface area contributed by atoms with Gasteiger partial charge in [-0.25, -0.2) is 4.98 Å². The molecule has 8 nitrogen and oxygen atoms in total. The quantitative estimate of drug-likeness (QED) is 0.727. The molecule has 0 spiro atoms. The van der Waals surface area contributed by atoms with Gasteiger partial charge in [-0.1, -0.05) is 6.07 Å². The molecule has 1 saturated carbocycles. The third kappa shape index (κ3) is 3.59. The first-order valence-electron chi connectivity index (χ1n) is 7.87. The van der Waals surface area contributed by atoms with Crippen LogP contribution in [-0.4, -0.2) is 52.6 Å². The Morgan fingerprint density at radius 2 is 2.08 bits per heavy atom. The topological polar surface area (TPSA) is 114 Å². The molecule has 1 amide bonds. The second kappa shape index (κ2) is 7.12. The average molecular weight is 348 g/mol. The van der Waals surface area contributed by atoms with Gasteiger partial charge in [-0.3, -0.25) is 4.79 Å². The number of nitrogens with one attached hydrogen (secondary N) is 1. The highest BCUT2D eigenvalue weighted by Crippen LogP contribution is 2.28. The normalized spacial score (nSPS) is 25.6. The fourth-order valence-electron chi connectivity index (χ4n) is 2.86. The summed E-state index contributed by atoms with van der Waals surface area (Å²) in [5.41, 5.74) is 0.152. The summed E-state index contributed by atoms with van der Waals surface area (Å²) in [4.78, 5) is 16.0. The Morgan fingerprint density at radius 1 is 1.32 bits per heavy atom. The second-order valence-corrected chi connectivity index (χ2v) is 5.89. The van der Waals surface area contributed by atoms with Gasteiger partial charge < -0.3 is 29.4 Å². The van der Waals surface area contributed by atoms with Crippen molar-refractivity contribution in [1.82, 2.24) is 10.3 Å². The number of ether oxygens (including phenoxy) is 2. The number of benzene rings is 1. The maximum absolute atomic E-state index is 12.2. The van der Waals surface area contributed by atoms with Crippen LogP contribution >= 0.6 is 0 Å². The zero-order valence-electron chi connectivity index (χ0n) is 13.9. The number of oxazole rings is 1. The van der Waals surface area contributed by atoms with Crippen molar-refractivity contribution in [2.75, 3.05) is 7.11 Å². The Kier molecular flexibility index (Phi) is 4.91. The van der Waals surface area contributed by atoms with E-state index in [9.17, 15) is 15.0 Å². The number of hydrogen-bond acceptors (Lipinski definition) is 7. The lowest BCUT2D eigenvalue weighted by molar-refractivity contribution is -0.0135. The molecule has 134 valence electrons. The molecule has 0 saturated heterocycles. The van der Waals surface area contributed by atoms with Gasteiger partial charge in [-0.2, -0.15) is 0 Å². The Labute approximate surface area is 144 Å². The van der Waals surface area contributed by atoms with E-state index in [2.05, 4.69) is 10.3 Å². The second-order valence-electron chi connectivity index (χ2n) is 5.89. The van der Waals surface area contributed by atoms with E-state index >= 15 is 0 Å². The lowest BCUT2D eigenvalue weighted by atomic mass is 10.2. The van der Waals surface area contributed by atoms with Crippen molar-refractivity contribution in [2.45, 2.75) is 37.7 Å². The molecule has 1 fully saturated rings. The predicted octanol–water partition coefficient (Wildman–Crippen LogP) is 0.663. The van der Waals surface area contributed by atoms with Crippen LogP contribution < -0.4 is 14.8 Å². The van der Waals surface area contributed by atoms with Crippen LogP contribution in [-0.2, 0) is 0 Å². The Hall–Kier alpha value is -2.58. The number of methoxy groups -OCH3 is 1. The molecule has 1 aliphatic carbocycles. The number of hydrogen-bond donors (Lipinski definition) is 3. The smallest absolute Gasteiger partial charge is 0.273 e. The fraction of sp³-hybridized carbons (Fsp3) is 0.412. The number of aliphatic hydroxyl groups is 2. The van der Waals surface area contributed by atoms with Crippen LogP contribution in [0.3, 0.4) is 0 Å². The molecule has 1 aromatic carbocycles. The van der Waals surface area contributed by atoms with E-state index in [4.69, 9.17) is 13.9 Å². The summed E-state index contributed by atoms with van der Waals surface area (Å²) in [5, 5.41) is 23.1. The average Bonchev–Trinajstić information content (AvgIpc) is 3.14. The number of amides is 1. The van der Waals surface area contributed by atoms with Crippen LogP contribution in [0, 0.1) is 6.92 Å². The van der Waals surface area contributed by atoms with Crippen LogP contribution in [0.25, 0.3) is 0 Å². The molecule has 4 atom stereocenters. The van der Waals surface area contributed by atoms with Crippen molar-refractivity contribution in [3.8, 4) is 11.5 Å². The van der Waals surface area contributed by atoms with Gasteiger partial charge in [-0.15, -0.1) is 0 Å². The van der Waals surface area contributed by atoms with Crippen LogP contribution in [0.15, 0.2) is 35.1 Å². The highest BCUT2D eigenvalue weighted by Gasteiger charge is 2.44. The van der Waals surface area contributed by atoms with E-state index in [1.165, 1.54) is 6.39 Å². The maximum Gasteiger partial charge on any atom is 0.273 e. The van der Waals surface area contributed by atoms with Crippen molar-refractivity contribution in [2.24, 2.45) is 0 Å². The van der Waals surface area contributed by atoms with E-state index in [-0.39, 0.29) is 12.1 Å². The highest BCUT2D eigenvalue weighted by molar-refractivity contribution is 5.93. The summed E-state index contributed by atoms with van der Waals surface area (Å²) in [6.45, 7) is 1.62. The van der Waals surface area contributed by atoms with Crippen LogP contribution in [0.4, 0.5) is 0 Å². The molecule has 0 unspecified atom stereocenters. The van der Waals surface area contributed by atoms with Crippen molar-refractivity contribution >= 4 is 5.91 Å². The summed E-state index contributed by atoms with van der Waals surface area (Å²) >= 11 is 0. The monoisotopic (exact) mass is 348 g/mol. The van der Waals surface area contributed by atoms with E-state index < -0.39 is 30.3 Å². The standard InChI is InChI=1S/C17H20N2O6/c1-9-14(18-8-24-9)17(22)19-12-7-13(16(21)15(12)20)25-11-5-3-4-10(6-11)23-2/h3-6,8,12-13,15-16,20-21H,7H2,1-2H3,(H,19,22)/t12-,13-,15+,16+/m1/s1. The minimum Gasteiger partial charge on any atom is -0.497 e. The predicted molar refractivity (Wildman–Crippen MR) is 86.5 cm³/mol. The molecule has 25 heavy (non-hydrogen) atoms. The van der Waals surface area contributed by atoms with Gasteiger partial charge in [0.25, 0.3) is 5.91 Å². The fourth-order valence-corrected chi connectivity index (χ4v) is 2.86. The third-order valence-corrected chi connectivity index (χ3v) is 4.23. The molecule has 3 rings (SSSR count). The lowest BCUT2D eigenvalue weighted by Crippen LogP contribution is -2.43. The van der Waals surface area contributed by atoms with Gasteiger partial charge >= 0.3 is 0 Å². The summed E-state index contributed by atoms with van der Waals surface area (Å²) in [7, 11) is 1.55. The molecule has 8 heteroatoms. The van der Waals surface area contributed by atoms with E-state index in [0.717, 1.165) is 0 Å². The summed E-state index contributed by atoms with van der Waals surface area (Å²) in [5.74, 6) is 1.05. The van der Waals surface area contributed by atoms with Crippen molar-refractivity contribution in [3.05, 3.63) is 42.1 Å². The van der Waals surface area contributed by atoms with Gasteiger partial charge in [0.1, 0.15) is 35.6 Å². The molecule has 2 aromatic rings. The molecule has 0 aliphatic heterocycles. The minimum absolute atomic E-state index is 0.152. The molecular formula is C17H20N2O6. The molecule has 1 heterocycles. The van der Waals surface area contributed by atoms with E-state index in [1.54, 1.807) is 38.3 Å². The van der Waals surface area contributed by atoms with Gasteiger partial charge in [-0.05, 0) is 19.1 Å². The number of nitrogens with zero attached hydrogens (tertiary/aromatic N) is 1. The molecule has 3 N–H and O–H groups in total. The lowest BCUT2D eigenvalue weighted by Gasteiger charge is -2.18. The number of aryl methyl sites for hydroxylation is 1. The molecule has 1 aliphatic rings. The number of aromatic nitrogens is 1. The van der Waals surface area contributed by atoms with Crippen molar-refractivity contribution in [3.63, 3.8) is 0 Å². The summed E-state index contributed by atoms with van der Waals surface area (Å²) in [6, 6.07) is 6.29. The van der Waals surface area contributed by atoms with Crippen LogP contribution in [0.5, 0.6) is 11.5 Å². The largest absolute Gasteiger partial charge is 0.497 e. The third-order valence-electron chi connectivity index (χ3n) is 4.23. The number of rotatable bonds is 5. The first-order chi connectivity index (χ1) is 12.0. The Bertz CT molecular complexity index is 746. The van der Waals surface area contributed by atoms with Crippen LogP contribution in [0.1, 0.15) is 22.7 Å². The summed E-state index contributed by atoms with van der Waals surface area (Å²) in [6.07, 6.45) is -1.51. The maximum atomic E-state index is 12.2. The molecule has 1 aromatic heterocycles. The van der Waals surface area contributed by atoms with Crippen LogP contribution in [0.2, 0.25) is 0 Å². The Morgan fingerprint density at radius 3 is 2.76 bits per heavy atom. The first kappa shape index (κ1) is 17.2. The highest BCUT2D eigenvalue weighted by atomic mass is 16.5. The zero-order chi connectivity index (χ0) is 18.0. The Balaban J connectivity index is 1.66. The van der Waals surface area contributed by atoms with Crippen molar-refractivity contribution < 1.29 is 28.9 Å². The zero-order valence-corrected chi connectivity index (χ0v) is 13.9. The van der Waals surface area contributed by atoms with Gasteiger partial charge in [0, 0.05) is 12.5 Å². The summed E-state index contributed by atoms with van der Waals surface area (Å²) < 4.78 is 15.9.